The fourth-order valence-electron chi connectivity index (χ4n) is 3.14. The van der Waals surface area contributed by atoms with Gasteiger partial charge in [-0.15, -0.1) is 0 Å². The van der Waals surface area contributed by atoms with Crippen molar-refractivity contribution in [3.05, 3.63) is 59.8 Å². The third-order valence-electron chi connectivity index (χ3n) is 4.30. The number of hydrogen-bond acceptors (Lipinski definition) is 3. The summed E-state index contributed by atoms with van der Waals surface area (Å²) in [5.41, 5.74) is 2.34. The van der Waals surface area contributed by atoms with Gasteiger partial charge in [0.25, 0.3) is 0 Å². The van der Waals surface area contributed by atoms with E-state index >= 15 is 0 Å². The van der Waals surface area contributed by atoms with E-state index < -0.39 is 0 Å². The highest BCUT2D eigenvalue weighted by molar-refractivity contribution is 5.71. The van der Waals surface area contributed by atoms with Gasteiger partial charge in [-0.2, -0.15) is 0 Å². The lowest BCUT2D eigenvalue weighted by Gasteiger charge is -2.14. The zero-order chi connectivity index (χ0) is 15.6. The first-order chi connectivity index (χ1) is 11.3. The Morgan fingerprint density at radius 1 is 1.22 bits per heavy atom. The van der Waals surface area contributed by atoms with Gasteiger partial charge in [-0.3, -0.25) is 0 Å². The molecule has 0 N–H and O–H groups in total. The Morgan fingerprint density at radius 2 is 2.13 bits per heavy atom. The van der Waals surface area contributed by atoms with Crippen molar-refractivity contribution in [2.45, 2.75) is 31.9 Å². The van der Waals surface area contributed by atoms with Gasteiger partial charge in [0.15, 0.2) is 5.65 Å². The standard InChI is InChI=1S/C18H18FN3O/c19-15-7-2-1-5-13(15)11-17-21-16-8-3-9-20-18(16)22(17)12-14-6-4-10-23-14/h1-3,5,7-9,14H,4,6,10-12H2. The summed E-state index contributed by atoms with van der Waals surface area (Å²) in [5, 5.41) is 0. The fraction of sp³-hybridized carbons (Fsp3) is 0.333. The number of imidazole rings is 1. The molecule has 118 valence electrons. The molecule has 1 unspecified atom stereocenters. The molecule has 4 nitrogen and oxygen atoms in total. The van der Waals surface area contributed by atoms with Crippen LogP contribution in [0.3, 0.4) is 0 Å². The van der Waals surface area contributed by atoms with Crippen LogP contribution >= 0.6 is 0 Å². The van der Waals surface area contributed by atoms with Crippen LogP contribution in [0.4, 0.5) is 4.39 Å². The second-order valence-electron chi connectivity index (χ2n) is 5.89. The quantitative estimate of drug-likeness (QED) is 0.742. The molecule has 0 radical (unpaired) electrons. The van der Waals surface area contributed by atoms with E-state index in [0.717, 1.165) is 43.0 Å². The number of nitrogens with zero attached hydrogens (tertiary/aromatic N) is 3. The number of ether oxygens (including phenoxy) is 1. The Balaban J connectivity index is 1.73. The summed E-state index contributed by atoms with van der Waals surface area (Å²) in [7, 11) is 0. The Morgan fingerprint density at radius 3 is 2.96 bits per heavy atom. The van der Waals surface area contributed by atoms with Crippen LogP contribution in [0.5, 0.6) is 0 Å². The molecule has 1 fully saturated rings. The monoisotopic (exact) mass is 311 g/mol. The topological polar surface area (TPSA) is 39.9 Å². The van der Waals surface area contributed by atoms with Gasteiger partial charge < -0.3 is 9.30 Å². The molecule has 4 rings (SSSR count). The molecular formula is C18H18FN3O. The molecule has 0 saturated carbocycles. The van der Waals surface area contributed by atoms with Crippen molar-refractivity contribution in [1.29, 1.82) is 0 Å². The average Bonchev–Trinajstić information content (AvgIpc) is 3.19. The van der Waals surface area contributed by atoms with Crippen LogP contribution in [0.25, 0.3) is 11.2 Å². The Kier molecular flexibility index (Phi) is 3.79. The molecule has 1 aromatic carbocycles. The first kappa shape index (κ1) is 14.3. The maximum atomic E-state index is 14.0. The number of aromatic nitrogens is 3. The van der Waals surface area contributed by atoms with Gasteiger partial charge in [0.05, 0.1) is 12.6 Å². The first-order valence-corrected chi connectivity index (χ1v) is 7.96. The van der Waals surface area contributed by atoms with Gasteiger partial charge in [0.2, 0.25) is 0 Å². The Hall–Kier alpha value is -2.27. The van der Waals surface area contributed by atoms with Crippen LogP contribution in [-0.2, 0) is 17.7 Å². The molecule has 5 heteroatoms. The van der Waals surface area contributed by atoms with E-state index in [4.69, 9.17) is 4.74 Å². The number of halogens is 1. The van der Waals surface area contributed by atoms with Crippen LogP contribution in [0, 0.1) is 5.82 Å². The zero-order valence-electron chi connectivity index (χ0n) is 12.8. The summed E-state index contributed by atoms with van der Waals surface area (Å²) >= 11 is 0. The maximum absolute atomic E-state index is 14.0. The Bertz CT molecular complexity index is 824. The number of benzene rings is 1. The fourth-order valence-corrected chi connectivity index (χ4v) is 3.14. The lowest BCUT2D eigenvalue weighted by Crippen LogP contribution is -2.17. The van der Waals surface area contributed by atoms with Crippen LogP contribution < -0.4 is 0 Å². The molecular weight excluding hydrogens is 293 g/mol. The highest BCUT2D eigenvalue weighted by Gasteiger charge is 2.20. The van der Waals surface area contributed by atoms with E-state index in [1.54, 1.807) is 18.3 Å². The van der Waals surface area contributed by atoms with Gasteiger partial charge >= 0.3 is 0 Å². The molecule has 1 atom stereocenters. The highest BCUT2D eigenvalue weighted by Crippen LogP contribution is 2.21. The van der Waals surface area contributed by atoms with Crippen molar-refractivity contribution >= 4 is 11.2 Å². The number of pyridine rings is 1. The zero-order valence-corrected chi connectivity index (χ0v) is 12.8. The van der Waals surface area contributed by atoms with E-state index in [1.165, 1.54) is 6.07 Å². The van der Waals surface area contributed by atoms with E-state index in [1.807, 2.05) is 18.2 Å². The molecule has 3 heterocycles. The molecule has 0 amide bonds. The van der Waals surface area contributed by atoms with Crippen LogP contribution in [-0.4, -0.2) is 27.2 Å². The molecule has 1 saturated heterocycles. The molecule has 2 aromatic heterocycles. The minimum Gasteiger partial charge on any atom is -0.376 e. The van der Waals surface area contributed by atoms with Crippen LogP contribution in [0.15, 0.2) is 42.6 Å². The summed E-state index contributed by atoms with van der Waals surface area (Å²) in [5.74, 6) is 0.635. The summed E-state index contributed by atoms with van der Waals surface area (Å²) in [6.07, 6.45) is 4.55. The lowest BCUT2D eigenvalue weighted by atomic mass is 10.1. The predicted octanol–water partition coefficient (Wildman–Crippen LogP) is 3.34. The molecule has 23 heavy (non-hydrogen) atoms. The van der Waals surface area contributed by atoms with Gasteiger partial charge in [-0.05, 0) is 36.6 Å². The third kappa shape index (κ3) is 2.84. The second-order valence-corrected chi connectivity index (χ2v) is 5.89. The van der Waals surface area contributed by atoms with Gasteiger partial charge in [0.1, 0.15) is 17.2 Å². The summed E-state index contributed by atoms with van der Waals surface area (Å²) < 4.78 is 21.8. The van der Waals surface area contributed by atoms with E-state index in [2.05, 4.69) is 14.5 Å². The minimum atomic E-state index is -0.198. The van der Waals surface area contributed by atoms with Crippen molar-refractivity contribution in [2.75, 3.05) is 6.61 Å². The molecule has 1 aliphatic heterocycles. The maximum Gasteiger partial charge on any atom is 0.160 e. The predicted molar refractivity (Wildman–Crippen MR) is 85.7 cm³/mol. The number of fused-ring (bicyclic) bond motifs is 1. The molecule has 0 bridgehead atoms. The van der Waals surface area contributed by atoms with Gasteiger partial charge in [-0.1, -0.05) is 18.2 Å². The minimum absolute atomic E-state index is 0.189. The largest absolute Gasteiger partial charge is 0.376 e. The van der Waals surface area contributed by atoms with Crippen molar-refractivity contribution in [2.24, 2.45) is 0 Å². The smallest absolute Gasteiger partial charge is 0.160 e. The summed E-state index contributed by atoms with van der Waals surface area (Å²) in [4.78, 5) is 9.13. The average molecular weight is 311 g/mol. The summed E-state index contributed by atoms with van der Waals surface area (Å²) in [6.45, 7) is 1.53. The first-order valence-electron chi connectivity index (χ1n) is 7.96. The Labute approximate surface area is 133 Å². The van der Waals surface area contributed by atoms with Gasteiger partial charge in [0, 0.05) is 19.2 Å². The molecule has 3 aromatic rings. The SMILES string of the molecule is Fc1ccccc1Cc1nc2cccnc2n1CC1CCCO1. The van der Waals surface area contributed by atoms with Crippen molar-refractivity contribution < 1.29 is 9.13 Å². The number of rotatable bonds is 4. The van der Waals surface area contributed by atoms with Gasteiger partial charge in [-0.25, -0.2) is 14.4 Å². The highest BCUT2D eigenvalue weighted by atomic mass is 19.1. The lowest BCUT2D eigenvalue weighted by molar-refractivity contribution is 0.0971. The van der Waals surface area contributed by atoms with E-state index in [0.29, 0.717) is 12.0 Å². The second kappa shape index (κ2) is 6.08. The number of hydrogen-bond donors (Lipinski definition) is 0. The molecule has 0 aliphatic carbocycles. The van der Waals surface area contributed by atoms with Crippen molar-refractivity contribution in [1.82, 2.24) is 14.5 Å². The van der Waals surface area contributed by atoms with Crippen molar-refractivity contribution in [3.8, 4) is 0 Å². The van der Waals surface area contributed by atoms with E-state index in [-0.39, 0.29) is 11.9 Å². The molecule has 1 aliphatic rings. The third-order valence-corrected chi connectivity index (χ3v) is 4.30. The normalized spacial score (nSPS) is 17.9. The van der Waals surface area contributed by atoms with E-state index in [9.17, 15) is 4.39 Å². The van der Waals surface area contributed by atoms with Crippen LogP contribution in [0.2, 0.25) is 0 Å². The summed E-state index contributed by atoms with van der Waals surface area (Å²) in [6, 6.07) is 10.7. The van der Waals surface area contributed by atoms with Crippen molar-refractivity contribution in [3.63, 3.8) is 0 Å². The molecule has 0 spiro atoms. The van der Waals surface area contributed by atoms with Crippen LogP contribution in [0.1, 0.15) is 24.2 Å².